The molecular weight excluding hydrogens is 362 g/mol. The molecule has 4 rings (SSSR count). The Hall–Kier alpha value is -1.73. The van der Waals surface area contributed by atoms with Crippen LogP contribution in [0.25, 0.3) is 0 Å². The molecule has 1 N–H and O–H groups in total. The largest absolute Gasteiger partial charge is 0.390 e. The molecule has 6 nitrogen and oxygen atoms in total. The Bertz CT molecular complexity index is 699. The third-order valence-corrected chi connectivity index (χ3v) is 6.49. The van der Waals surface area contributed by atoms with Gasteiger partial charge in [0, 0.05) is 70.8 Å². The van der Waals surface area contributed by atoms with Crippen LogP contribution < -0.4 is 0 Å². The molecule has 6 heteroatoms. The van der Waals surface area contributed by atoms with E-state index in [4.69, 9.17) is 0 Å². The molecule has 158 valence electrons. The second kappa shape index (κ2) is 10.3. The summed E-state index contributed by atoms with van der Waals surface area (Å²) in [5.74, 6) is 0. The van der Waals surface area contributed by atoms with Gasteiger partial charge in [-0.25, -0.2) is 0 Å². The zero-order valence-electron chi connectivity index (χ0n) is 17.4. The molecule has 2 saturated heterocycles. The maximum atomic E-state index is 10.8. The van der Waals surface area contributed by atoms with E-state index in [1.165, 1.54) is 5.56 Å². The Morgan fingerprint density at radius 2 is 1.72 bits per heavy atom. The van der Waals surface area contributed by atoms with Gasteiger partial charge in [-0.1, -0.05) is 30.3 Å². The predicted molar refractivity (Wildman–Crippen MR) is 116 cm³/mol. The smallest absolute Gasteiger partial charge is 0.0822 e. The number of rotatable bonds is 8. The number of piperazine rings is 1. The molecule has 0 amide bonds. The molecule has 2 atom stereocenters. The van der Waals surface area contributed by atoms with Gasteiger partial charge in [0.05, 0.1) is 6.10 Å². The molecule has 2 aliphatic rings. The van der Waals surface area contributed by atoms with Crippen LogP contribution in [0.3, 0.4) is 0 Å². The molecule has 1 aromatic carbocycles. The molecule has 3 heterocycles. The summed E-state index contributed by atoms with van der Waals surface area (Å²) in [5.41, 5.74) is 1.42. The van der Waals surface area contributed by atoms with Crippen molar-refractivity contribution in [2.45, 2.75) is 38.0 Å². The Kier molecular flexibility index (Phi) is 7.33. The molecule has 0 unspecified atom stereocenters. The summed E-state index contributed by atoms with van der Waals surface area (Å²) in [6, 6.07) is 13.1. The molecule has 2 aromatic rings. The molecule has 0 spiro atoms. The zero-order chi connectivity index (χ0) is 19.9. The van der Waals surface area contributed by atoms with Gasteiger partial charge < -0.3 is 14.9 Å². The highest BCUT2D eigenvalue weighted by molar-refractivity contribution is 5.14. The molecule has 2 aliphatic heterocycles. The summed E-state index contributed by atoms with van der Waals surface area (Å²) < 4.78 is 1.99. The van der Waals surface area contributed by atoms with Crippen LogP contribution >= 0.6 is 0 Å². The summed E-state index contributed by atoms with van der Waals surface area (Å²) in [4.78, 5) is 7.52. The first kappa shape index (κ1) is 20.5. The number of piperidine rings is 1. The van der Waals surface area contributed by atoms with E-state index in [0.717, 1.165) is 78.2 Å². The highest BCUT2D eigenvalue weighted by Crippen LogP contribution is 2.19. The lowest BCUT2D eigenvalue weighted by Gasteiger charge is -2.45. The minimum Gasteiger partial charge on any atom is -0.390 e. The predicted octanol–water partition coefficient (Wildman–Crippen LogP) is 1.57. The number of hydrogen-bond donors (Lipinski definition) is 1. The van der Waals surface area contributed by atoms with E-state index in [2.05, 4.69) is 50.1 Å². The van der Waals surface area contributed by atoms with Crippen molar-refractivity contribution in [3.8, 4) is 0 Å². The van der Waals surface area contributed by atoms with Gasteiger partial charge in [-0.05, 0) is 37.4 Å². The Balaban J connectivity index is 1.15. The van der Waals surface area contributed by atoms with E-state index in [1.807, 2.05) is 23.1 Å². The van der Waals surface area contributed by atoms with Crippen molar-refractivity contribution < 1.29 is 5.11 Å². The lowest BCUT2D eigenvalue weighted by Crippen LogP contribution is -2.59. The lowest BCUT2D eigenvalue weighted by atomic mass is 9.99. The summed E-state index contributed by atoms with van der Waals surface area (Å²) in [6.45, 7) is 9.41. The van der Waals surface area contributed by atoms with Crippen LogP contribution in [0, 0.1) is 0 Å². The molecule has 29 heavy (non-hydrogen) atoms. The van der Waals surface area contributed by atoms with E-state index in [1.54, 1.807) is 0 Å². The number of aryl methyl sites for hydroxylation is 1. The lowest BCUT2D eigenvalue weighted by molar-refractivity contribution is -0.0292. The van der Waals surface area contributed by atoms with Crippen LogP contribution in [0.1, 0.15) is 18.4 Å². The molecule has 2 fully saturated rings. The maximum absolute atomic E-state index is 10.8. The third kappa shape index (κ3) is 5.89. The van der Waals surface area contributed by atoms with Crippen molar-refractivity contribution in [3.05, 3.63) is 54.4 Å². The van der Waals surface area contributed by atoms with Gasteiger partial charge in [0.25, 0.3) is 0 Å². The number of aromatic nitrogens is 2. The second-order valence-corrected chi connectivity index (χ2v) is 8.46. The highest BCUT2D eigenvalue weighted by Gasteiger charge is 2.33. The van der Waals surface area contributed by atoms with Gasteiger partial charge >= 0.3 is 0 Å². The summed E-state index contributed by atoms with van der Waals surface area (Å²) in [5, 5.41) is 15.0. The van der Waals surface area contributed by atoms with E-state index in [0.29, 0.717) is 6.04 Å². The number of nitrogens with zero attached hydrogens (tertiary/aromatic N) is 5. The fourth-order valence-corrected chi connectivity index (χ4v) is 4.75. The van der Waals surface area contributed by atoms with Crippen molar-refractivity contribution in [1.82, 2.24) is 24.5 Å². The van der Waals surface area contributed by atoms with Crippen molar-refractivity contribution in [2.75, 3.05) is 52.4 Å². The van der Waals surface area contributed by atoms with Crippen molar-refractivity contribution in [2.24, 2.45) is 0 Å². The van der Waals surface area contributed by atoms with Gasteiger partial charge in [-0.3, -0.25) is 9.58 Å². The number of aliphatic hydroxyl groups is 1. The highest BCUT2D eigenvalue weighted by atomic mass is 16.3. The van der Waals surface area contributed by atoms with Crippen LogP contribution in [-0.2, 0) is 13.0 Å². The van der Waals surface area contributed by atoms with Crippen LogP contribution in [0.15, 0.2) is 48.8 Å². The molecule has 0 saturated carbocycles. The van der Waals surface area contributed by atoms with Crippen molar-refractivity contribution >= 4 is 0 Å². The number of aliphatic hydroxyl groups excluding tert-OH is 1. The summed E-state index contributed by atoms with van der Waals surface area (Å²) in [6.07, 6.45) is 6.90. The number of benzene rings is 1. The van der Waals surface area contributed by atoms with E-state index in [9.17, 15) is 5.11 Å². The molecule has 0 aliphatic carbocycles. The van der Waals surface area contributed by atoms with Crippen LogP contribution in [-0.4, -0.2) is 94.1 Å². The van der Waals surface area contributed by atoms with Crippen LogP contribution in [0.2, 0.25) is 0 Å². The zero-order valence-corrected chi connectivity index (χ0v) is 17.4. The van der Waals surface area contributed by atoms with Gasteiger partial charge in [-0.2, -0.15) is 5.10 Å². The average molecular weight is 398 g/mol. The average Bonchev–Trinajstić information content (AvgIpc) is 3.27. The summed E-state index contributed by atoms with van der Waals surface area (Å²) >= 11 is 0. The molecule has 0 radical (unpaired) electrons. The van der Waals surface area contributed by atoms with E-state index in [-0.39, 0.29) is 6.10 Å². The Morgan fingerprint density at radius 1 is 0.897 bits per heavy atom. The van der Waals surface area contributed by atoms with Gasteiger partial charge in [-0.15, -0.1) is 0 Å². The van der Waals surface area contributed by atoms with Crippen LogP contribution in [0.4, 0.5) is 0 Å². The minimum absolute atomic E-state index is 0.232. The molecule has 0 bridgehead atoms. The number of hydrogen-bond acceptors (Lipinski definition) is 5. The quantitative estimate of drug-likeness (QED) is 0.733. The fourth-order valence-electron chi connectivity index (χ4n) is 4.75. The van der Waals surface area contributed by atoms with E-state index < -0.39 is 0 Å². The third-order valence-electron chi connectivity index (χ3n) is 6.49. The van der Waals surface area contributed by atoms with Crippen LogP contribution in [0.5, 0.6) is 0 Å². The minimum atomic E-state index is -0.232. The molecular formula is C23H35N5O. The summed E-state index contributed by atoms with van der Waals surface area (Å²) in [7, 11) is 0. The second-order valence-electron chi connectivity index (χ2n) is 8.46. The topological polar surface area (TPSA) is 47.8 Å². The monoisotopic (exact) mass is 397 g/mol. The number of likely N-dealkylation sites (tertiary alicyclic amines) is 1. The normalized spacial score (nSPS) is 24.7. The fraction of sp³-hybridized carbons (Fsp3) is 0.609. The standard InChI is InChI=1S/C23H35N5O/c29-23-20-26(11-5-13-28-12-4-10-24-28)15-9-22(23)27-18-16-25(17-19-27)14-8-21-6-2-1-3-7-21/h1-4,6-7,10,12,22-23,29H,5,8-9,11,13-20H2/t22-,23-/m1/s1. The first-order valence-electron chi connectivity index (χ1n) is 11.2. The number of β-amino-alcohol motifs (C(OH)–C–C–N with tert-alkyl or cyclic N) is 1. The van der Waals surface area contributed by atoms with Gasteiger partial charge in [0.15, 0.2) is 0 Å². The first-order valence-corrected chi connectivity index (χ1v) is 11.2. The Morgan fingerprint density at radius 3 is 2.45 bits per heavy atom. The Labute approximate surface area is 174 Å². The van der Waals surface area contributed by atoms with Gasteiger partial charge in [0.2, 0.25) is 0 Å². The van der Waals surface area contributed by atoms with E-state index >= 15 is 0 Å². The van der Waals surface area contributed by atoms with Crippen molar-refractivity contribution in [1.29, 1.82) is 0 Å². The maximum Gasteiger partial charge on any atom is 0.0822 e. The molecule has 1 aromatic heterocycles. The van der Waals surface area contributed by atoms with Crippen molar-refractivity contribution in [3.63, 3.8) is 0 Å². The SMILES string of the molecule is O[C@@H]1CN(CCCn2cccn2)CC[C@H]1N1CCN(CCc2ccccc2)CC1. The van der Waals surface area contributed by atoms with Gasteiger partial charge in [0.1, 0.15) is 0 Å². The first-order chi connectivity index (χ1) is 14.3.